The van der Waals surface area contributed by atoms with E-state index in [1.807, 2.05) is 43.3 Å². The third-order valence-electron chi connectivity index (χ3n) is 3.45. The van der Waals surface area contributed by atoms with Gasteiger partial charge in [0.05, 0.1) is 18.1 Å². The van der Waals surface area contributed by atoms with Gasteiger partial charge in [-0.05, 0) is 30.7 Å². The molecule has 0 aliphatic carbocycles. The zero-order valence-corrected chi connectivity index (χ0v) is 13.9. The summed E-state index contributed by atoms with van der Waals surface area (Å²) in [6.07, 6.45) is 0. The second-order valence-corrected chi connectivity index (χ2v) is 5.73. The lowest BCUT2D eigenvalue weighted by Gasteiger charge is -2.16. The van der Waals surface area contributed by atoms with E-state index < -0.39 is 11.3 Å². The molecule has 0 radical (unpaired) electrons. The topological polar surface area (TPSA) is 99.2 Å². The number of nitrogens with zero attached hydrogens (tertiary/aromatic N) is 2. The molecule has 2 N–H and O–H groups in total. The fourth-order valence-electron chi connectivity index (χ4n) is 2.23. The maximum absolute atomic E-state index is 11.1. The lowest BCUT2D eigenvalue weighted by molar-refractivity contribution is 0.415. The van der Waals surface area contributed by atoms with Crippen LogP contribution < -0.4 is 14.8 Å². The molecule has 1 unspecified atom stereocenters. The summed E-state index contributed by atoms with van der Waals surface area (Å²) in [5.74, 6) is 1.12. The average Bonchev–Trinajstić information content (AvgIpc) is 2.56. The number of hydrogen-bond acceptors (Lipinski definition) is 6. The van der Waals surface area contributed by atoms with E-state index in [0.29, 0.717) is 22.6 Å². The molecule has 0 saturated heterocycles. The van der Waals surface area contributed by atoms with Gasteiger partial charge in [0.25, 0.3) is 0 Å². The van der Waals surface area contributed by atoms with Gasteiger partial charge >= 0.3 is 0 Å². The molecule has 0 saturated carbocycles. The summed E-state index contributed by atoms with van der Waals surface area (Å²) in [5, 5.41) is 3.12. The van der Waals surface area contributed by atoms with Crippen LogP contribution in [0.4, 0.5) is 17.3 Å². The summed E-state index contributed by atoms with van der Waals surface area (Å²) in [4.78, 5) is 8.79. The monoisotopic (exact) mass is 343 g/mol. The van der Waals surface area contributed by atoms with Crippen molar-refractivity contribution in [3.63, 3.8) is 0 Å². The number of para-hydroxylation sites is 2. The Bertz CT molecular complexity index is 917. The van der Waals surface area contributed by atoms with E-state index in [9.17, 15) is 8.76 Å². The first-order valence-corrected chi connectivity index (χ1v) is 8.18. The SMILES string of the molecule is COc1ccc(C)c(Nc2nc3ccccc3nc2NS(=O)[O-])c1. The minimum Gasteiger partial charge on any atom is -0.755 e. The first-order valence-electron chi connectivity index (χ1n) is 7.11. The van der Waals surface area contributed by atoms with Crippen molar-refractivity contribution in [2.75, 3.05) is 17.1 Å². The van der Waals surface area contributed by atoms with Gasteiger partial charge in [0.1, 0.15) is 5.75 Å². The quantitative estimate of drug-likeness (QED) is 0.691. The molecule has 0 aliphatic heterocycles. The molecule has 0 fully saturated rings. The highest BCUT2D eigenvalue weighted by Gasteiger charge is 2.11. The number of hydrogen-bond donors (Lipinski definition) is 2. The van der Waals surface area contributed by atoms with Crippen molar-refractivity contribution in [2.45, 2.75) is 6.92 Å². The number of aromatic nitrogens is 2. The highest BCUT2D eigenvalue weighted by Crippen LogP contribution is 2.29. The van der Waals surface area contributed by atoms with Crippen molar-refractivity contribution in [3.05, 3.63) is 48.0 Å². The normalized spacial score (nSPS) is 12.0. The fourth-order valence-corrected chi connectivity index (χ4v) is 2.53. The van der Waals surface area contributed by atoms with Crippen LogP contribution in [-0.2, 0) is 11.3 Å². The van der Waals surface area contributed by atoms with Gasteiger partial charge < -0.3 is 14.6 Å². The zero-order chi connectivity index (χ0) is 17.1. The minimum atomic E-state index is -2.51. The number of benzene rings is 2. The van der Waals surface area contributed by atoms with Crippen LogP contribution in [0, 0.1) is 6.92 Å². The Balaban J connectivity index is 2.08. The molecule has 7 nitrogen and oxygen atoms in total. The van der Waals surface area contributed by atoms with Crippen molar-refractivity contribution in [1.29, 1.82) is 0 Å². The van der Waals surface area contributed by atoms with Crippen molar-refractivity contribution >= 4 is 39.6 Å². The van der Waals surface area contributed by atoms with Gasteiger partial charge in [-0.25, -0.2) is 9.97 Å². The Labute approximate surface area is 141 Å². The Morgan fingerprint density at radius 2 is 1.75 bits per heavy atom. The molecule has 8 heteroatoms. The summed E-state index contributed by atoms with van der Waals surface area (Å²) in [6, 6.07) is 12.8. The number of methoxy groups -OCH3 is 1. The highest BCUT2D eigenvalue weighted by atomic mass is 32.2. The maximum Gasteiger partial charge on any atom is 0.181 e. The molecule has 0 aliphatic rings. The molecular weight excluding hydrogens is 328 g/mol. The first-order chi connectivity index (χ1) is 11.6. The number of ether oxygens (including phenoxy) is 1. The number of nitrogens with one attached hydrogen (secondary N) is 2. The average molecular weight is 343 g/mol. The predicted octanol–water partition coefficient (Wildman–Crippen LogP) is 2.90. The van der Waals surface area contributed by atoms with E-state index in [-0.39, 0.29) is 5.82 Å². The van der Waals surface area contributed by atoms with Crippen molar-refractivity contribution in [3.8, 4) is 5.75 Å². The van der Waals surface area contributed by atoms with Crippen LogP contribution in [0.3, 0.4) is 0 Å². The third-order valence-corrected chi connectivity index (χ3v) is 3.81. The van der Waals surface area contributed by atoms with Crippen molar-refractivity contribution in [1.82, 2.24) is 9.97 Å². The molecule has 3 rings (SSSR count). The highest BCUT2D eigenvalue weighted by molar-refractivity contribution is 7.80. The van der Waals surface area contributed by atoms with Gasteiger partial charge in [0, 0.05) is 23.0 Å². The number of anilines is 3. The lowest BCUT2D eigenvalue weighted by atomic mass is 10.2. The van der Waals surface area contributed by atoms with E-state index in [2.05, 4.69) is 20.0 Å². The first kappa shape index (κ1) is 16.2. The largest absolute Gasteiger partial charge is 0.755 e. The molecule has 0 spiro atoms. The second kappa shape index (κ2) is 6.81. The van der Waals surface area contributed by atoms with Crippen LogP contribution in [0.2, 0.25) is 0 Å². The van der Waals surface area contributed by atoms with E-state index in [1.54, 1.807) is 13.2 Å². The number of fused-ring (bicyclic) bond motifs is 1. The second-order valence-electron chi connectivity index (χ2n) is 5.05. The smallest absolute Gasteiger partial charge is 0.181 e. The van der Waals surface area contributed by atoms with Gasteiger partial charge in [0.15, 0.2) is 11.6 Å². The molecular formula is C16H15N4O3S-. The molecule has 3 aromatic rings. The van der Waals surface area contributed by atoms with E-state index in [1.165, 1.54) is 0 Å². The number of aryl methyl sites for hydroxylation is 1. The van der Waals surface area contributed by atoms with E-state index >= 15 is 0 Å². The molecule has 0 bridgehead atoms. The number of rotatable bonds is 5. The summed E-state index contributed by atoms with van der Waals surface area (Å²) in [5.41, 5.74) is 2.96. The lowest BCUT2D eigenvalue weighted by Crippen LogP contribution is -2.09. The summed E-state index contributed by atoms with van der Waals surface area (Å²) in [6.45, 7) is 1.93. The Kier molecular flexibility index (Phi) is 4.59. The molecule has 0 amide bonds. The summed E-state index contributed by atoms with van der Waals surface area (Å²) < 4.78 is 29.6. The van der Waals surface area contributed by atoms with Gasteiger partial charge in [-0.2, -0.15) is 0 Å². The zero-order valence-electron chi connectivity index (χ0n) is 13.1. The van der Waals surface area contributed by atoms with Crippen LogP contribution >= 0.6 is 0 Å². The Morgan fingerprint density at radius 1 is 1.08 bits per heavy atom. The standard InChI is InChI=1S/C16H16N4O3S/c1-10-7-8-11(23-2)9-14(10)19-15-16(20-24(21)22)18-13-6-4-3-5-12(13)17-15/h3-9H,1-2H3,(H,17,19)(H,18,20)(H,21,22)/p-1. The van der Waals surface area contributed by atoms with Crippen molar-refractivity contribution in [2.24, 2.45) is 0 Å². The molecule has 24 heavy (non-hydrogen) atoms. The fraction of sp³-hybridized carbons (Fsp3) is 0.125. The maximum atomic E-state index is 11.1. The van der Waals surface area contributed by atoms with Crippen LogP contribution in [0.1, 0.15) is 5.56 Å². The van der Waals surface area contributed by atoms with Gasteiger partial charge in [-0.3, -0.25) is 8.93 Å². The van der Waals surface area contributed by atoms with Crippen LogP contribution in [0.5, 0.6) is 5.75 Å². The van der Waals surface area contributed by atoms with E-state index in [0.717, 1.165) is 11.3 Å². The molecule has 124 valence electrons. The molecule has 1 aromatic heterocycles. The predicted molar refractivity (Wildman–Crippen MR) is 93.1 cm³/mol. The third kappa shape index (κ3) is 3.44. The van der Waals surface area contributed by atoms with Gasteiger partial charge in [0.2, 0.25) is 0 Å². The molecule has 1 heterocycles. The van der Waals surface area contributed by atoms with Gasteiger partial charge in [-0.1, -0.05) is 18.2 Å². The van der Waals surface area contributed by atoms with Crippen LogP contribution in [-0.4, -0.2) is 25.8 Å². The summed E-state index contributed by atoms with van der Waals surface area (Å²) >= 11 is -2.51. The summed E-state index contributed by atoms with van der Waals surface area (Å²) in [7, 11) is 1.58. The Morgan fingerprint density at radius 3 is 2.38 bits per heavy atom. The van der Waals surface area contributed by atoms with Crippen molar-refractivity contribution < 1.29 is 13.5 Å². The molecule has 1 atom stereocenters. The Hall–Kier alpha value is -2.71. The van der Waals surface area contributed by atoms with Crippen LogP contribution in [0.25, 0.3) is 11.0 Å². The minimum absolute atomic E-state index is 0.129. The molecule has 2 aromatic carbocycles. The van der Waals surface area contributed by atoms with Crippen LogP contribution in [0.15, 0.2) is 42.5 Å². The van der Waals surface area contributed by atoms with E-state index in [4.69, 9.17) is 4.74 Å². The van der Waals surface area contributed by atoms with Gasteiger partial charge in [-0.15, -0.1) is 0 Å².